The number of amides is 1. The van der Waals surface area contributed by atoms with Crippen molar-refractivity contribution in [3.63, 3.8) is 0 Å². The van der Waals surface area contributed by atoms with Crippen LogP contribution in [0.1, 0.15) is 41.6 Å². The van der Waals surface area contributed by atoms with Crippen molar-refractivity contribution in [2.24, 2.45) is 5.92 Å². The van der Waals surface area contributed by atoms with E-state index in [4.69, 9.17) is 11.6 Å². The van der Waals surface area contributed by atoms with Crippen LogP contribution in [0.4, 0.5) is 4.39 Å². The van der Waals surface area contributed by atoms with Gasteiger partial charge in [0.1, 0.15) is 5.82 Å². The Morgan fingerprint density at radius 3 is 2.63 bits per heavy atom. The lowest BCUT2D eigenvalue weighted by atomic mass is 9.89. The van der Waals surface area contributed by atoms with Gasteiger partial charge in [-0.05, 0) is 62.3 Å². The summed E-state index contributed by atoms with van der Waals surface area (Å²) in [4.78, 5) is 12.0. The molecular formula is C15H19ClFNO. The van der Waals surface area contributed by atoms with Crippen LogP contribution in [-0.2, 0) is 0 Å². The fraction of sp³-hybridized carbons (Fsp3) is 0.533. The van der Waals surface area contributed by atoms with Crippen LogP contribution in [0.25, 0.3) is 0 Å². The first-order valence-corrected chi connectivity index (χ1v) is 7.17. The Hall–Kier alpha value is -1.09. The SMILES string of the molecule is Cc1cc(F)cc(C(=O)NCC2CCC(Cl)CC2)c1. The Bertz CT molecular complexity index is 435. The molecule has 4 heteroatoms. The van der Waals surface area contributed by atoms with Crippen LogP contribution >= 0.6 is 11.6 Å². The summed E-state index contributed by atoms with van der Waals surface area (Å²) >= 11 is 6.05. The van der Waals surface area contributed by atoms with Gasteiger partial charge in [0.25, 0.3) is 5.91 Å². The zero-order chi connectivity index (χ0) is 13.8. The Kier molecular flexibility index (Phi) is 4.81. The Labute approximate surface area is 118 Å². The van der Waals surface area contributed by atoms with Crippen LogP contribution in [-0.4, -0.2) is 17.8 Å². The van der Waals surface area contributed by atoms with E-state index in [1.807, 2.05) is 0 Å². The fourth-order valence-corrected chi connectivity index (χ4v) is 2.78. The first-order chi connectivity index (χ1) is 9.04. The molecule has 1 aromatic rings. The third kappa shape index (κ3) is 4.20. The molecule has 0 bridgehead atoms. The number of carbonyl (C=O) groups excluding carboxylic acids is 1. The van der Waals surface area contributed by atoms with E-state index in [-0.39, 0.29) is 17.1 Å². The molecule has 0 saturated heterocycles. The van der Waals surface area contributed by atoms with Gasteiger partial charge in [-0.3, -0.25) is 4.79 Å². The molecule has 1 fully saturated rings. The highest BCUT2D eigenvalue weighted by atomic mass is 35.5. The van der Waals surface area contributed by atoms with Crippen molar-refractivity contribution < 1.29 is 9.18 Å². The van der Waals surface area contributed by atoms with E-state index in [0.29, 0.717) is 18.0 Å². The summed E-state index contributed by atoms with van der Waals surface area (Å²) in [5, 5.41) is 3.18. The van der Waals surface area contributed by atoms with Gasteiger partial charge in [0.05, 0.1) is 0 Å². The lowest BCUT2D eigenvalue weighted by Gasteiger charge is -2.25. The summed E-state index contributed by atoms with van der Waals surface area (Å²) in [7, 11) is 0. The molecular weight excluding hydrogens is 265 g/mol. The van der Waals surface area contributed by atoms with E-state index in [9.17, 15) is 9.18 Å². The van der Waals surface area contributed by atoms with Gasteiger partial charge < -0.3 is 5.32 Å². The minimum atomic E-state index is -0.368. The maximum Gasteiger partial charge on any atom is 0.251 e. The van der Waals surface area contributed by atoms with Crippen LogP contribution in [0.3, 0.4) is 0 Å². The number of alkyl halides is 1. The molecule has 19 heavy (non-hydrogen) atoms. The lowest BCUT2D eigenvalue weighted by molar-refractivity contribution is 0.0943. The number of benzene rings is 1. The minimum absolute atomic E-state index is 0.199. The molecule has 104 valence electrons. The summed E-state index contributed by atoms with van der Waals surface area (Å²) in [6.45, 7) is 2.43. The first kappa shape index (κ1) is 14.3. The van der Waals surface area contributed by atoms with Crippen molar-refractivity contribution >= 4 is 17.5 Å². The smallest absolute Gasteiger partial charge is 0.251 e. The molecule has 0 unspecified atom stereocenters. The van der Waals surface area contributed by atoms with E-state index in [0.717, 1.165) is 31.2 Å². The summed E-state index contributed by atoms with van der Waals surface area (Å²) in [5.41, 5.74) is 1.15. The molecule has 1 aliphatic carbocycles. The van der Waals surface area contributed by atoms with E-state index in [1.54, 1.807) is 13.0 Å². The van der Waals surface area contributed by atoms with Crippen LogP contribution in [0.5, 0.6) is 0 Å². The second-order valence-electron chi connectivity index (χ2n) is 5.35. The normalized spacial score (nSPS) is 23.1. The molecule has 0 aliphatic heterocycles. The predicted molar refractivity (Wildman–Crippen MR) is 75.1 cm³/mol. The van der Waals surface area contributed by atoms with Crippen molar-refractivity contribution in [3.05, 3.63) is 35.1 Å². The van der Waals surface area contributed by atoms with Gasteiger partial charge >= 0.3 is 0 Å². The number of halogens is 2. The molecule has 2 nitrogen and oxygen atoms in total. The van der Waals surface area contributed by atoms with E-state index in [1.165, 1.54) is 12.1 Å². The summed E-state index contributed by atoms with van der Waals surface area (Å²) < 4.78 is 13.2. The number of nitrogens with one attached hydrogen (secondary N) is 1. The highest BCUT2D eigenvalue weighted by Crippen LogP contribution is 2.27. The van der Waals surface area contributed by atoms with Crippen LogP contribution < -0.4 is 5.32 Å². The molecule has 1 aliphatic rings. The van der Waals surface area contributed by atoms with Crippen molar-refractivity contribution in [1.82, 2.24) is 5.32 Å². The molecule has 1 saturated carbocycles. The average molecular weight is 284 g/mol. The molecule has 0 aromatic heterocycles. The lowest BCUT2D eigenvalue weighted by Crippen LogP contribution is -2.31. The maximum absolute atomic E-state index is 13.2. The molecule has 1 amide bonds. The summed E-state index contributed by atoms with van der Waals surface area (Å²) in [6.07, 6.45) is 4.13. The minimum Gasteiger partial charge on any atom is -0.352 e. The molecule has 0 atom stereocenters. The second-order valence-corrected chi connectivity index (χ2v) is 5.96. The topological polar surface area (TPSA) is 29.1 Å². The Morgan fingerprint density at radius 1 is 1.32 bits per heavy atom. The number of rotatable bonds is 3. The Balaban J connectivity index is 1.87. The summed E-state index contributed by atoms with van der Waals surface area (Å²) in [6, 6.07) is 4.39. The third-order valence-corrected chi connectivity index (χ3v) is 4.07. The molecule has 1 aromatic carbocycles. The largest absolute Gasteiger partial charge is 0.352 e. The van der Waals surface area contributed by atoms with Gasteiger partial charge in [-0.25, -0.2) is 4.39 Å². The molecule has 2 rings (SSSR count). The highest BCUT2D eigenvalue weighted by Gasteiger charge is 2.20. The number of hydrogen-bond donors (Lipinski definition) is 1. The van der Waals surface area contributed by atoms with Crippen LogP contribution in [0.15, 0.2) is 18.2 Å². The van der Waals surface area contributed by atoms with Crippen molar-refractivity contribution in [3.8, 4) is 0 Å². The Morgan fingerprint density at radius 2 is 2.00 bits per heavy atom. The van der Waals surface area contributed by atoms with Crippen molar-refractivity contribution in [2.75, 3.05) is 6.54 Å². The predicted octanol–water partition coefficient (Wildman–Crippen LogP) is 3.66. The highest BCUT2D eigenvalue weighted by molar-refractivity contribution is 6.20. The number of aryl methyl sites for hydroxylation is 1. The number of hydrogen-bond acceptors (Lipinski definition) is 1. The van der Waals surface area contributed by atoms with Gasteiger partial charge in [-0.15, -0.1) is 11.6 Å². The molecule has 1 N–H and O–H groups in total. The zero-order valence-electron chi connectivity index (χ0n) is 11.1. The van der Waals surface area contributed by atoms with Crippen molar-refractivity contribution in [2.45, 2.75) is 38.0 Å². The standard InChI is InChI=1S/C15H19ClFNO/c1-10-6-12(8-14(17)7-10)15(19)18-9-11-2-4-13(16)5-3-11/h6-8,11,13H,2-5,9H2,1H3,(H,18,19). The number of carbonyl (C=O) groups is 1. The van der Waals surface area contributed by atoms with Crippen molar-refractivity contribution in [1.29, 1.82) is 0 Å². The van der Waals surface area contributed by atoms with E-state index < -0.39 is 0 Å². The maximum atomic E-state index is 13.2. The zero-order valence-corrected chi connectivity index (χ0v) is 11.8. The second kappa shape index (κ2) is 6.38. The molecule has 0 heterocycles. The fourth-order valence-electron chi connectivity index (χ4n) is 2.53. The van der Waals surface area contributed by atoms with Crippen LogP contribution in [0.2, 0.25) is 0 Å². The monoisotopic (exact) mass is 283 g/mol. The first-order valence-electron chi connectivity index (χ1n) is 6.74. The van der Waals surface area contributed by atoms with Gasteiger partial charge in [-0.2, -0.15) is 0 Å². The average Bonchev–Trinajstić information content (AvgIpc) is 2.36. The van der Waals surface area contributed by atoms with Crippen LogP contribution in [0, 0.1) is 18.7 Å². The molecule has 0 radical (unpaired) electrons. The molecule has 0 spiro atoms. The summed E-state index contributed by atoms with van der Waals surface area (Å²) in [5.74, 6) is -0.0722. The van der Waals surface area contributed by atoms with Gasteiger partial charge in [-0.1, -0.05) is 0 Å². The van der Waals surface area contributed by atoms with Gasteiger partial charge in [0, 0.05) is 17.5 Å². The quantitative estimate of drug-likeness (QED) is 0.843. The van der Waals surface area contributed by atoms with Gasteiger partial charge in [0.2, 0.25) is 0 Å². The van der Waals surface area contributed by atoms with Gasteiger partial charge in [0.15, 0.2) is 0 Å². The van der Waals surface area contributed by atoms with E-state index in [2.05, 4.69) is 5.32 Å². The third-order valence-electron chi connectivity index (χ3n) is 3.63. The van der Waals surface area contributed by atoms with E-state index >= 15 is 0 Å².